The first kappa shape index (κ1) is 24.7. The highest BCUT2D eigenvalue weighted by atomic mass is 32.2. The van der Waals surface area contributed by atoms with E-state index in [2.05, 4.69) is 15.8 Å². The number of fused-ring (bicyclic) bond motifs is 1. The molecule has 2 aromatic carbocycles. The van der Waals surface area contributed by atoms with Crippen molar-refractivity contribution in [2.45, 2.75) is 41.9 Å². The highest BCUT2D eigenvalue weighted by molar-refractivity contribution is 7.92. The molecule has 4 rings (SSSR count). The van der Waals surface area contributed by atoms with Crippen LogP contribution in [-0.4, -0.2) is 58.0 Å². The van der Waals surface area contributed by atoms with Gasteiger partial charge < -0.3 is 25.0 Å². The Labute approximate surface area is 204 Å². The van der Waals surface area contributed by atoms with E-state index in [1.807, 2.05) is 6.92 Å². The van der Waals surface area contributed by atoms with Crippen LogP contribution in [0.1, 0.15) is 35.7 Å². The molecule has 10 nitrogen and oxygen atoms in total. The molecular weight excluding hydrogens is 472 g/mol. The van der Waals surface area contributed by atoms with E-state index < -0.39 is 21.3 Å². The van der Waals surface area contributed by atoms with E-state index in [9.17, 15) is 13.2 Å². The fourth-order valence-electron chi connectivity index (χ4n) is 3.92. The summed E-state index contributed by atoms with van der Waals surface area (Å²) in [5.41, 5.74) is 2.87. The van der Waals surface area contributed by atoms with Gasteiger partial charge in [-0.1, -0.05) is 0 Å². The number of carbonyl (C=O) groups is 1. The van der Waals surface area contributed by atoms with E-state index in [4.69, 9.17) is 19.6 Å². The molecule has 3 N–H and O–H groups in total. The average Bonchev–Trinajstić information content (AvgIpc) is 3.61. The predicted molar refractivity (Wildman–Crippen MR) is 131 cm³/mol. The van der Waals surface area contributed by atoms with Gasteiger partial charge >= 0.3 is 0 Å². The second-order valence-electron chi connectivity index (χ2n) is 8.78. The van der Waals surface area contributed by atoms with Crippen LogP contribution in [0.2, 0.25) is 0 Å². The van der Waals surface area contributed by atoms with E-state index >= 15 is 0 Å². The summed E-state index contributed by atoms with van der Waals surface area (Å²) < 4.78 is 42.5. The third kappa shape index (κ3) is 5.46. The highest BCUT2D eigenvalue weighted by Gasteiger charge is 2.38. The minimum Gasteiger partial charge on any atom is -0.484 e. The maximum atomic E-state index is 12.8. The summed E-state index contributed by atoms with van der Waals surface area (Å²) in [6.45, 7) is 2.24. The lowest BCUT2D eigenvalue weighted by Crippen LogP contribution is -2.35. The van der Waals surface area contributed by atoms with Gasteiger partial charge in [-0.05, 0) is 56.2 Å². The number of benzene rings is 2. The molecule has 0 aromatic heterocycles. The summed E-state index contributed by atoms with van der Waals surface area (Å²) in [4.78, 5) is 13.1. The first-order valence-electron chi connectivity index (χ1n) is 11.1. The van der Waals surface area contributed by atoms with Crippen molar-refractivity contribution in [1.82, 2.24) is 10.7 Å². The van der Waals surface area contributed by atoms with Gasteiger partial charge in [-0.25, -0.2) is 8.42 Å². The van der Waals surface area contributed by atoms with Crippen LogP contribution in [0.3, 0.4) is 0 Å². The molecule has 0 bridgehead atoms. The quantitative estimate of drug-likeness (QED) is 0.273. The fourth-order valence-corrected chi connectivity index (χ4v) is 5.58. The normalized spacial score (nSPS) is 19.2. The number of hydrogen-bond acceptors (Lipinski definition) is 9. The summed E-state index contributed by atoms with van der Waals surface area (Å²) in [5.74, 6) is 0.593. The van der Waals surface area contributed by atoms with Crippen LogP contribution >= 0.6 is 0 Å². The predicted octanol–water partition coefficient (Wildman–Crippen LogP) is 2.67. The number of carbonyl (C=O) groups excluding carboxylic acids is 1. The number of amides is 1. The molecule has 0 spiro atoms. The summed E-state index contributed by atoms with van der Waals surface area (Å²) in [6.07, 6.45) is 3.05. The molecule has 1 aliphatic carbocycles. The molecule has 35 heavy (non-hydrogen) atoms. The minimum absolute atomic E-state index is 0.190. The summed E-state index contributed by atoms with van der Waals surface area (Å²) >= 11 is 0. The van der Waals surface area contributed by atoms with Gasteiger partial charge in [-0.3, -0.25) is 10.2 Å². The number of amidine groups is 1. The monoisotopic (exact) mass is 500 g/mol. The van der Waals surface area contributed by atoms with Gasteiger partial charge in [-0.15, -0.1) is 0 Å². The Kier molecular flexibility index (Phi) is 6.82. The van der Waals surface area contributed by atoms with Crippen LogP contribution in [0.15, 0.2) is 46.4 Å². The smallest absolute Gasteiger partial charge is 0.257 e. The maximum Gasteiger partial charge on any atom is 0.257 e. The van der Waals surface area contributed by atoms with Crippen LogP contribution in [0.25, 0.3) is 0 Å². The number of methoxy groups -OCH3 is 1. The van der Waals surface area contributed by atoms with Crippen molar-refractivity contribution in [3.05, 3.63) is 47.5 Å². The SMILES string of the molecule is CN/N=C\C(=N)NC(=O)c1cc(Oc2ccc(S(=O)(=O)C3CC3)cc2)c2c(c1)OC(C)(COC)C2. The molecule has 1 aliphatic heterocycles. The second-order valence-corrected chi connectivity index (χ2v) is 11.0. The van der Waals surface area contributed by atoms with Crippen LogP contribution in [0.5, 0.6) is 17.2 Å². The summed E-state index contributed by atoms with van der Waals surface area (Å²) in [6, 6.07) is 9.45. The molecule has 1 unspecified atom stereocenters. The lowest BCUT2D eigenvalue weighted by atomic mass is 9.98. The molecule has 1 atom stereocenters. The van der Waals surface area contributed by atoms with Crippen molar-refractivity contribution in [3.8, 4) is 17.2 Å². The van der Waals surface area contributed by atoms with Crippen LogP contribution in [-0.2, 0) is 21.0 Å². The number of ether oxygens (including phenoxy) is 3. The van der Waals surface area contributed by atoms with Crippen molar-refractivity contribution in [2.24, 2.45) is 5.10 Å². The largest absolute Gasteiger partial charge is 0.484 e. The minimum atomic E-state index is -3.30. The van der Waals surface area contributed by atoms with Crippen molar-refractivity contribution < 1.29 is 27.4 Å². The number of hydrazone groups is 1. The van der Waals surface area contributed by atoms with E-state index in [1.54, 1.807) is 38.4 Å². The summed E-state index contributed by atoms with van der Waals surface area (Å²) in [5, 5.41) is 13.7. The number of nitrogens with one attached hydrogen (secondary N) is 3. The fraction of sp³-hybridized carbons (Fsp3) is 0.375. The van der Waals surface area contributed by atoms with Crippen molar-refractivity contribution in [3.63, 3.8) is 0 Å². The van der Waals surface area contributed by atoms with Gasteiger partial charge in [0.15, 0.2) is 9.84 Å². The third-order valence-electron chi connectivity index (χ3n) is 5.70. The molecule has 186 valence electrons. The number of nitrogens with zero attached hydrogens (tertiary/aromatic N) is 1. The molecule has 1 amide bonds. The topological polar surface area (TPSA) is 139 Å². The number of rotatable bonds is 9. The third-order valence-corrected chi connectivity index (χ3v) is 7.98. The average molecular weight is 501 g/mol. The highest BCUT2D eigenvalue weighted by Crippen LogP contribution is 2.43. The Hall–Kier alpha value is -3.44. The maximum absolute atomic E-state index is 12.8. The van der Waals surface area contributed by atoms with Gasteiger partial charge in [0.2, 0.25) is 0 Å². The Morgan fingerprint density at radius 3 is 2.63 bits per heavy atom. The molecule has 2 aliphatic rings. The van der Waals surface area contributed by atoms with Gasteiger partial charge in [0.1, 0.15) is 28.7 Å². The van der Waals surface area contributed by atoms with Crippen molar-refractivity contribution >= 4 is 27.8 Å². The lowest BCUT2D eigenvalue weighted by molar-refractivity contribution is 0.0204. The Balaban J connectivity index is 1.63. The van der Waals surface area contributed by atoms with E-state index in [0.29, 0.717) is 43.1 Å². The van der Waals surface area contributed by atoms with Gasteiger partial charge in [0.05, 0.1) is 23.0 Å². The van der Waals surface area contributed by atoms with Crippen molar-refractivity contribution in [2.75, 3.05) is 20.8 Å². The molecule has 1 heterocycles. The standard InChI is InChI=1S/C24H28N4O6S/c1-24(14-32-3)12-19-20(33-16-4-6-17(7-5-16)35(30,31)18-8-9-18)10-15(11-21(19)34-24)23(29)28-22(25)13-27-26-2/h4-7,10-11,13,18,26H,8-9,12,14H2,1-3H3,(H2,25,28,29)/b27-13-. The zero-order chi connectivity index (χ0) is 25.2. The lowest BCUT2D eigenvalue weighted by Gasteiger charge is -2.22. The zero-order valence-corrected chi connectivity index (χ0v) is 20.6. The van der Waals surface area contributed by atoms with E-state index in [1.165, 1.54) is 18.3 Å². The Morgan fingerprint density at radius 1 is 1.29 bits per heavy atom. The molecular formula is C24H28N4O6S. The Morgan fingerprint density at radius 2 is 2.00 bits per heavy atom. The molecule has 0 radical (unpaired) electrons. The molecule has 1 saturated carbocycles. The molecule has 0 saturated heterocycles. The first-order chi connectivity index (χ1) is 16.6. The summed E-state index contributed by atoms with van der Waals surface area (Å²) in [7, 11) is -0.132. The molecule has 11 heteroatoms. The van der Waals surface area contributed by atoms with Crippen LogP contribution in [0.4, 0.5) is 0 Å². The van der Waals surface area contributed by atoms with Gasteiger partial charge in [0.25, 0.3) is 5.91 Å². The Bertz CT molecular complexity index is 1270. The number of hydrogen-bond donors (Lipinski definition) is 3. The van der Waals surface area contributed by atoms with E-state index in [-0.39, 0.29) is 21.5 Å². The first-order valence-corrected chi connectivity index (χ1v) is 12.7. The second kappa shape index (κ2) is 9.67. The number of sulfone groups is 1. The van der Waals surface area contributed by atoms with Crippen LogP contribution < -0.4 is 20.2 Å². The molecule has 1 fully saturated rings. The van der Waals surface area contributed by atoms with Crippen LogP contribution in [0, 0.1) is 5.41 Å². The molecule has 2 aromatic rings. The van der Waals surface area contributed by atoms with E-state index in [0.717, 1.165) is 5.56 Å². The zero-order valence-electron chi connectivity index (χ0n) is 19.8. The van der Waals surface area contributed by atoms with Crippen molar-refractivity contribution in [1.29, 1.82) is 5.41 Å². The van der Waals surface area contributed by atoms with Gasteiger partial charge in [0, 0.05) is 31.7 Å². The van der Waals surface area contributed by atoms with Gasteiger partial charge in [-0.2, -0.15) is 5.10 Å².